The zero-order valence-electron chi connectivity index (χ0n) is 9.80. The number of benzene rings is 2. The molecule has 2 aromatic rings. The summed E-state index contributed by atoms with van der Waals surface area (Å²) in [6, 6.07) is 12.8. The van der Waals surface area contributed by atoms with Crippen molar-refractivity contribution in [3.8, 4) is 11.5 Å². The van der Waals surface area contributed by atoms with Crippen molar-refractivity contribution in [3.05, 3.63) is 59.7 Å². The van der Waals surface area contributed by atoms with E-state index in [9.17, 15) is 9.59 Å². The van der Waals surface area contributed by atoms with Gasteiger partial charge in [0.25, 0.3) is 0 Å². The van der Waals surface area contributed by atoms with Crippen molar-refractivity contribution in [1.29, 1.82) is 0 Å². The average molecular weight is 439 g/mol. The fourth-order valence-corrected chi connectivity index (χ4v) is 1.17. The second-order valence-electron chi connectivity index (χ2n) is 3.35. The minimum atomic E-state index is 0. The number of aldehydes is 2. The van der Waals surface area contributed by atoms with Gasteiger partial charge in [-0.2, -0.15) is 0 Å². The Morgan fingerprint density at radius 1 is 0.684 bits per heavy atom. The molecule has 0 saturated carbocycles. The molecule has 2 aromatic carbocycles. The first-order valence-electron chi connectivity index (χ1n) is 5.15. The summed E-state index contributed by atoms with van der Waals surface area (Å²) < 4.78 is 0. The van der Waals surface area contributed by atoms with Crippen LogP contribution < -0.4 is 0 Å². The predicted octanol–water partition coefficient (Wildman–Crippen LogP) is 2.41. The molecule has 19 heavy (non-hydrogen) atoms. The van der Waals surface area contributed by atoms with Gasteiger partial charge in [-0.1, -0.05) is 24.3 Å². The topological polar surface area (TPSA) is 74.6 Å². The Balaban J connectivity index is 0.000000324. The van der Waals surface area contributed by atoms with Gasteiger partial charge in [0.15, 0.2) is 12.6 Å². The van der Waals surface area contributed by atoms with Crippen LogP contribution in [-0.4, -0.2) is 22.8 Å². The van der Waals surface area contributed by atoms with Crippen LogP contribution in [-0.2, 0) is 21.1 Å². The first kappa shape index (κ1) is 17.1. The van der Waals surface area contributed by atoms with Crippen LogP contribution in [0.4, 0.5) is 0 Å². The molecular weight excluding hydrogens is 427 g/mol. The summed E-state index contributed by atoms with van der Waals surface area (Å²) in [6.45, 7) is 0. The Labute approximate surface area is 125 Å². The Hall–Kier alpha value is -1.93. The van der Waals surface area contributed by atoms with E-state index >= 15 is 0 Å². The first-order chi connectivity index (χ1) is 8.69. The molecule has 0 unspecified atom stereocenters. The van der Waals surface area contributed by atoms with Gasteiger partial charge >= 0.3 is 0 Å². The Morgan fingerprint density at radius 3 is 1.21 bits per heavy atom. The van der Waals surface area contributed by atoms with Gasteiger partial charge in [0.1, 0.15) is 11.5 Å². The van der Waals surface area contributed by atoms with E-state index in [4.69, 9.17) is 10.2 Å². The van der Waals surface area contributed by atoms with Gasteiger partial charge in [0.2, 0.25) is 0 Å². The van der Waals surface area contributed by atoms with Gasteiger partial charge in [0.05, 0.1) is 11.1 Å². The molecule has 2 rings (SSSR count). The molecule has 0 atom stereocenters. The first-order valence-corrected chi connectivity index (χ1v) is 5.15. The minimum absolute atomic E-state index is 0. The van der Waals surface area contributed by atoms with E-state index in [1.165, 1.54) is 12.1 Å². The zero-order valence-corrected chi connectivity index (χ0v) is 12.1. The third kappa shape index (κ3) is 5.49. The van der Waals surface area contributed by atoms with Crippen molar-refractivity contribution >= 4 is 12.6 Å². The number of carbonyl (C=O) groups excluding carboxylic acids is 2. The van der Waals surface area contributed by atoms with Gasteiger partial charge in [0, 0.05) is 21.1 Å². The molecule has 4 nitrogen and oxygen atoms in total. The summed E-state index contributed by atoms with van der Waals surface area (Å²) in [5.74, 6) is 0.0694. The normalized spacial score (nSPS) is 8.42. The fourth-order valence-electron chi connectivity index (χ4n) is 1.17. The molecule has 0 fully saturated rings. The fraction of sp³-hybridized carbons (Fsp3) is 0. The minimum Gasteiger partial charge on any atom is -0.507 e. The predicted molar refractivity (Wildman–Crippen MR) is 67.0 cm³/mol. The maximum atomic E-state index is 10.1. The number of rotatable bonds is 2. The molecule has 0 aliphatic rings. The SMILES string of the molecule is O=Cc1ccccc1O.O=Cc1ccccc1O.[Pt]. The largest absolute Gasteiger partial charge is 0.507 e. The summed E-state index contributed by atoms with van der Waals surface area (Å²) in [5, 5.41) is 17.8. The Bertz CT molecular complexity index is 491. The van der Waals surface area contributed by atoms with E-state index in [1.807, 2.05) is 0 Å². The molecule has 0 aliphatic carbocycles. The molecule has 2 N–H and O–H groups in total. The molecule has 0 aliphatic heterocycles. The van der Waals surface area contributed by atoms with Gasteiger partial charge < -0.3 is 10.2 Å². The standard InChI is InChI=1S/2C7H6O2.Pt/c2*8-5-6-3-1-2-4-7(6)9;/h2*1-5,9H;. The number of carbonyl (C=O) groups is 2. The number of aromatic hydroxyl groups is 2. The monoisotopic (exact) mass is 439 g/mol. The van der Waals surface area contributed by atoms with Gasteiger partial charge in [-0.05, 0) is 24.3 Å². The second kappa shape index (κ2) is 9.06. The molecule has 0 aromatic heterocycles. The molecule has 0 heterocycles. The Kier molecular flexibility index (Phi) is 8.14. The second-order valence-corrected chi connectivity index (χ2v) is 3.35. The maximum Gasteiger partial charge on any atom is 0.153 e. The van der Waals surface area contributed by atoms with Crippen molar-refractivity contribution in [2.24, 2.45) is 0 Å². The molecule has 0 amide bonds. The van der Waals surface area contributed by atoms with Crippen molar-refractivity contribution in [1.82, 2.24) is 0 Å². The third-order valence-corrected chi connectivity index (χ3v) is 2.13. The van der Waals surface area contributed by atoms with Crippen LogP contribution in [0.25, 0.3) is 0 Å². The van der Waals surface area contributed by atoms with Crippen LogP contribution in [0, 0.1) is 0 Å². The number of phenolic OH excluding ortho intramolecular Hbond substituents is 2. The number of hydrogen-bond donors (Lipinski definition) is 2. The van der Waals surface area contributed by atoms with Crippen LogP contribution in [0.2, 0.25) is 0 Å². The van der Waals surface area contributed by atoms with Gasteiger partial charge in [-0.15, -0.1) is 0 Å². The summed E-state index contributed by atoms with van der Waals surface area (Å²) in [5.41, 5.74) is 0.662. The van der Waals surface area contributed by atoms with E-state index in [1.54, 1.807) is 36.4 Å². The van der Waals surface area contributed by atoms with E-state index in [0.717, 1.165) is 0 Å². The maximum absolute atomic E-state index is 10.1. The van der Waals surface area contributed by atoms with E-state index in [2.05, 4.69) is 0 Å². The third-order valence-electron chi connectivity index (χ3n) is 2.13. The molecule has 5 heteroatoms. The van der Waals surface area contributed by atoms with Crippen LogP contribution >= 0.6 is 0 Å². The molecule has 0 bridgehead atoms. The summed E-state index contributed by atoms with van der Waals surface area (Å²) >= 11 is 0. The molecule has 102 valence electrons. The van der Waals surface area contributed by atoms with Crippen molar-refractivity contribution in [2.45, 2.75) is 0 Å². The van der Waals surface area contributed by atoms with Crippen LogP contribution in [0.5, 0.6) is 11.5 Å². The van der Waals surface area contributed by atoms with Crippen LogP contribution in [0.1, 0.15) is 20.7 Å². The van der Waals surface area contributed by atoms with Crippen LogP contribution in [0.15, 0.2) is 48.5 Å². The number of phenols is 2. The summed E-state index contributed by atoms with van der Waals surface area (Å²) in [6.07, 6.45) is 1.24. The summed E-state index contributed by atoms with van der Waals surface area (Å²) in [7, 11) is 0. The molecular formula is C14H12O4Pt. The van der Waals surface area contributed by atoms with Crippen molar-refractivity contribution < 1.29 is 40.9 Å². The quantitative estimate of drug-likeness (QED) is 0.705. The van der Waals surface area contributed by atoms with Crippen molar-refractivity contribution in [3.63, 3.8) is 0 Å². The molecule has 0 saturated heterocycles. The summed E-state index contributed by atoms with van der Waals surface area (Å²) in [4.78, 5) is 20.1. The van der Waals surface area contributed by atoms with Gasteiger partial charge in [-0.3, -0.25) is 9.59 Å². The number of hydrogen-bond acceptors (Lipinski definition) is 4. The van der Waals surface area contributed by atoms with Gasteiger partial charge in [-0.25, -0.2) is 0 Å². The molecule has 0 radical (unpaired) electrons. The van der Waals surface area contributed by atoms with Crippen molar-refractivity contribution in [2.75, 3.05) is 0 Å². The Morgan fingerprint density at radius 2 is 1.00 bits per heavy atom. The van der Waals surface area contributed by atoms with Crippen LogP contribution in [0.3, 0.4) is 0 Å². The van der Waals surface area contributed by atoms with E-state index in [-0.39, 0.29) is 32.6 Å². The zero-order chi connectivity index (χ0) is 13.4. The average Bonchev–Trinajstić information content (AvgIpc) is 2.41. The van der Waals surface area contributed by atoms with E-state index in [0.29, 0.717) is 23.7 Å². The van der Waals surface area contributed by atoms with E-state index < -0.39 is 0 Å². The smallest absolute Gasteiger partial charge is 0.153 e. The molecule has 0 spiro atoms. The number of para-hydroxylation sites is 2.